The maximum Gasteiger partial charge on any atom is 0.251 e. The number of nitrogens with zero attached hydrogens (tertiary/aromatic N) is 1. The fourth-order valence-electron chi connectivity index (χ4n) is 1.19. The number of aromatic nitrogens is 2. The van der Waals surface area contributed by atoms with E-state index in [1.54, 1.807) is 0 Å². The second-order valence-corrected chi connectivity index (χ2v) is 6.55. The molecule has 0 fully saturated rings. The van der Waals surface area contributed by atoms with E-state index in [-0.39, 0.29) is 17.3 Å². The Morgan fingerprint density at radius 2 is 1.88 bits per heavy atom. The number of rotatable bonds is 3. The molecule has 0 aliphatic rings. The fourth-order valence-corrected chi connectivity index (χ4v) is 1.70. The summed E-state index contributed by atoms with van der Waals surface area (Å²) in [5.41, 5.74) is 0.290. The molecule has 1 atom stereocenters. The quantitative estimate of drug-likeness (QED) is 0.860. The highest BCUT2D eigenvalue weighted by atomic mass is 32.2. The van der Waals surface area contributed by atoms with E-state index >= 15 is 0 Å². The second-order valence-electron chi connectivity index (χ2n) is 4.18. The Balaban J connectivity index is 3.31. The lowest BCUT2D eigenvalue weighted by molar-refractivity contribution is 0.588. The summed E-state index contributed by atoms with van der Waals surface area (Å²) in [6.07, 6.45) is 1.12. The molecule has 16 heavy (non-hydrogen) atoms. The zero-order valence-electron chi connectivity index (χ0n) is 9.81. The Labute approximate surface area is 94.8 Å². The first-order chi connectivity index (χ1) is 7.21. The summed E-state index contributed by atoms with van der Waals surface area (Å²) in [7, 11) is -3.25. The maximum atomic E-state index is 11.4. The van der Waals surface area contributed by atoms with E-state index in [9.17, 15) is 13.2 Å². The molecule has 6 heteroatoms. The predicted octanol–water partition coefficient (Wildman–Crippen LogP) is 0.999. The molecule has 1 rings (SSSR count). The van der Waals surface area contributed by atoms with Crippen molar-refractivity contribution >= 4 is 9.84 Å². The number of hydrogen-bond donors (Lipinski definition) is 1. The molecule has 0 aliphatic heterocycles. The predicted molar refractivity (Wildman–Crippen MR) is 62.2 cm³/mol. The van der Waals surface area contributed by atoms with E-state index in [0.29, 0.717) is 5.69 Å². The van der Waals surface area contributed by atoms with Gasteiger partial charge in [-0.2, -0.15) is 0 Å². The monoisotopic (exact) mass is 244 g/mol. The third-order valence-corrected chi connectivity index (χ3v) is 3.91. The van der Waals surface area contributed by atoms with Crippen molar-refractivity contribution in [3.63, 3.8) is 0 Å². The highest BCUT2D eigenvalue weighted by Gasteiger charge is 2.20. The molecule has 90 valence electrons. The van der Waals surface area contributed by atoms with Crippen LogP contribution in [0.15, 0.2) is 10.9 Å². The van der Waals surface area contributed by atoms with Crippen molar-refractivity contribution in [2.24, 2.45) is 0 Å². The van der Waals surface area contributed by atoms with Crippen LogP contribution in [-0.4, -0.2) is 24.6 Å². The van der Waals surface area contributed by atoms with Crippen LogP contribution in [0.5, 0.6) is 0 Å². The summed E-state index contributed by atoms with van der Waals surface area (Å²) < 4.78 is 22.7. The summed E-state index contributed by atoms with van der Waals surface area (Å²) in [6, 6.07) is 1.39. The third kappa shape index (κ3) is 2.91. The van der Waals surface area contributed by atoms with Crippen molar-refractivity contribution in [1.29, 1.82) is 0 Å². The topological polar surface area (TPSA) is 79.9 Å². The minimum Gasteiger partial charge on any atom is -0.309 e. The van der Waals surface area contributed by atoms with E-state index in [1.807, 2.05) is 13.8 Å². The van der Waals surface area contributed by atoms with Gasteiger partial charge in [-0.3, -0.25) is 4.79 Å². The highest BCUT2D eigenvalue weighted by molar-refractivity contribution is 7.90. The van der Waals surface area contributed by atoms with Crippen LogP contribution in [0.25, 0.3) is 0 Å². The molecule has 0 amide bonds. The first-order valence-corrected chi connectivity index (χ1v) is 6.97. The first-order valence-electron chi connectivity index (χ1n) is 5.02. The Morgan fingerprint density at radius 3 is 2.31 bits per heavy atom. The standard InChI is InChI=1S/C10H16N2O3S/c1-6(2)8-5-9(13)12-10(11-8)7(3)16(4,14)15/h5-7H,1-4H3,(H,11,12,13). The zero-order valence-corrected chi connectivity index (χ0v) is 10.6. The molecule has 0 radical (unpaired) electrons. The normalized spacial score (nSPS) is 14.1. The van der Waals surface area contributed by atoms with Crippen LogP contribution >= 0.6 is 0 Å². The van der Waals surface area contributed by atoms with Crippen LogP contribution in [0.3, 0.4) is 0 Å². The summed E-state index contributed by atoms with van der Waals surface area (Å²) in [6.45, 7) is 5.31. The molecule has 0 aromatic carbocycles. The van der Waals surface area contributed by atoms with Gasteiger partial charge in [0.05, 0.1) is 5.69 Å². The molecule has 1 aromatic heterocycles. The average molecular weight is 244 g/mol. The lowest BCUT2D eigenvalue weighted by Gasteiger charge is -2.11. The van der Waals surface area contributed by atoms with Crippen molar-refractivity contribution in [2.75, 3.05) is 6.26 Å². The minimum absolute atomic E-state index is 0.0906. The number of H-pyrrole nitrogens is 1. The van der Waals surface area contributed by atoms with Crippen molar-refractivity contribution in [1.82, 2.24) is 9.97 Å². The number of nitrogens with one attached hydrogen (secondary N) is 1. The number of aromatic amines is 1. The van der Waals surface area contributed by atoms with Crippen LogP contribution in [0.2, 0.25) is 0 Å². The molecular weight excluding hydrogens is 228 g/mol. The van der Waals surface area contributed by atoms with Gasteiger partial charge in [-0.1, -0.05) is 13.8 Å². The van der Waals surface area contributed by atoms with Gasteiger partial charge in [-0.15, -0.1) is 0 Å². The first kappa shape index (κ1) is 12.9. The molecular formula is C10H16N2O3S. The van der Waals surface area contributed by atoms with Crippen molar-refractivity contribution in [2.45, 2.75) is 31.9 Å². The van der Waals surface area contributed by atoms with E-state index in [0.717, 1.165) is 6.26 Å². The van der Waals surface area contributed by atoms with Crippen LogP contribution in [0, 0.1) is 0 Å². The number of hydrogen-bond acceptors (Lipinski definition) is 4. The maximum absolute atomic E-state index is 11.4. The van der Waals surface area contributed by atoms with Gasteiger partial charge in [0.2, 0.25) is 0 Å². The van der Waals surface area contributed by atoms with Gasteiger partial charge >= 0.3 is 0 Å². The van der Waals surface area contributed by atoms with Gasteiger partial charge in [0, 0.05) is 12.3 Å². The van der Waals surface area contributed by atoms with E-state index < -0.39 is 15.1 Å². The summed E-state index contributed by atoms with van der Waals surface area (Å²) in [4.78, 5) is 18.0. The number of sulfone groups is 1. The lowest BCUT2D eigenvalue weighted by Crippen LogP contribution is -2.19. The lowest BCUT2D eigenvalue weighted by atomic mass is 10.1. The second kappa shape index (κ2) is 4.37. The van der Waals surface area contributed by atoms with Crippen LogP contribution in [0.4, 0.5) is 0 Å². The van der Waals surface area contributed by atoms with Gasteiger partial charge in [0.1, 0.15) is 11.1 Å². The van der Waals surface area contributed by atoms with Crippen molar-refractivity contribution in [3.8, 4) is 0 Å². The van der Waals surface area contributed by atoms with Crippen molar-refractivity contribution in [3.05, 3.63) is 27.9 Å². The molecule has 1 unspecified atom stereocenters. The molecule has 0 saturated heterocycles. The summed E-state index contributed by atoms with van der Waals surface area (Å²) >= 11 is 0. The summed E-state index contributed by atoms with van der Waals surface area (Å²) in [5, 5.41) is -0.793. The molecule has 1 heterocycles. The van der Waals surface area contributed by atoms with E-state index in [1.165, 1.54) is 13.0 Å². The van der Waals surface area contributed by atoms with Gasteiger partial charge in [0.25, 0.3) is 5.56 Å². The molecule has 0 bridgehead atoms. The molecule has 5 nitrogen and oxygen atoms in total. The van der Waals surface area contributed by atoms with Gasteiger partial charge < -0.3 is 4.98 Å². The zero-order chi connectivity index (χ0) is 12.5. The van der Waals surface area contributed by atoms with Gasteiger partial charge in [0.15, 0.2) is 9.84 Å². The smallest absolute Gasteiger partial charge is 0.251 e. The fraction of sp³-hybridized carbons (Fsp3) is 0.600. The highest BCUT2D eigenvalue weighted by Crippen LogP contribution is 2.17. The Kier molecular flexibility index (Phi) is 3.52. The molecule has 0 spiro atoms. The SMILES string of the molecule is CC(C)c1cc(=O)[nH]c(C(C)S(C)(=O)=O)n1. The molecule has 0 saturated carbocycles. The van der Waals surface area contributed by atoms with Gasteiger partial charge in [-0.05, 0) is 12.8 Å². The largest absolute Gasteiger partial charge is 0.309 e. The Morgan fingerprint density at radius 1 is 1.31 bits per heavy atom. The molecule has 1 aromatic rings. The minimum atomic E-state index is -3.25. The average Bonchev–Trinajstić information content (AvgIpc) is 2.14. The van der Waals surface area contributed by atoms with Crippen molar-refractivity contribution < 1.29 is 8.42 Å². The molecule has 0 aliphatic carbocycles. The molecule has 1 N–H and O–H groups in total. The van der Waals surface area contributed by atoms with Crippen LogP contribution in [0.1, 0.15) is 43.5 Å². The summed E-state index contributed by atoms with van der Waals surface area (Å²) in [5.74, 6) is 0.298. The third-order valence-electron chi connectivity index (χ3n) is 2.40. The van der Waals surface area contributed by atoms with Crippen LogP contribution in [-0.2, 0) is 9.84 Å². The van der Waals surface area contributed by atoms with E-state index in [4.69, 9.17) is 0 Å². The van der Waals surface area contributed by atoms with Crippen LogP contribution < -0.4 is 5.56 Å². The Bertz CT molecular complexity index is 531. The van der Waals surface area contributed by atoms with E-state index in [2.05, 4.69) is 9.97 Å². The van der Waals surface area contributed by atoms with Gasteiger partial charge in [-0.25, -0.2) is 13.4 Å². The Hall–Kier alpha value is -1.17.